The molecule has 0 heterocycles. The minimum atomic E-state index is 0.764. The Kier molecular flexibility index (Phi) is 3.05. The van der Waals surface area contributed by atoms with Crippen LogP contribution in [0.5, 0.6) is 0 Å². The lowest BCUT2D eigenvalue weighted by molar-refractivity contribution is 0.424. The summed E-state index contributed by atoms with van der Waals surface area (Å²) in [7, 11) is 0. The quantitative estimate of drug-likeness (QED) is 0.657. The van der Waals surface area contributed by atoms with E-state index in [1.165, 1.54) is 38.5 Å². The van der Waals surface area contributed by atoms with Gasteiger partial charge in [-0.15, -0.1) is 0 Å². The number of hydrogen-bond donors (Lipinski definition) is 1. The molecule has 2 rings (SSSR count). The van der Waals surface area contributed by atoms with Gasteiger partial charge in [0, 0.05) is 12.1 Å². The third kappa shape index (κ3) is 2.34. The second-order valence-corrected chi connectivity index (χ2v) is 4.59. The van der Waals surface area contributed by atoms with E-state index in [-0.39, 0.29) is 0 Å². The van der Waals surface area contributed by atoms with Gasteiger partial charge in [-0.1, -0.05) is 25.5 Å². The Bertz CT molecular complexity index is 178. The van der Waals surface area contributed by atoms with Gasteiger partial charge in [0.2, 0.25) is 0 Å². The summed E-state index contributed by atoms with van der Waals surface area (Å²) in [6, 6.07) is 1.59. The summed E-state index contributed by atoms with van der Waals surface area (Å²) in [6.07, 6.45) is 12.8. The molecule has 1 saturated carbocycles. The summed E-state index contributed by atoms with van der Waals surface area (Å²) in [4.78, 5) is 0. The van der Waals surface area contributed by atoms with Crippen molar-refractivity contribution in [1.82, 2.24) is 5.32 Å². The Hall–Kier alpha value is -0.300. The first kappa shape index (κ1) is 9.26. The molecule has 0 aromatic rings. The van der Waals surface area contributed by atoms with Gasteiger partial charge in [0.15, 0.2) is 0 Å². The van der Waals surface area contributed by atoms with Gasteiger partial charge in [-0.05, 0) is 38.0 Å². The summed E-state index contributed by atoms with van der Waals surface area (Å²) in [5.74, 6) is 1.01. The second-order valence-electron chi connectivity index (χ2n) is 4.59. The van der Waals surface area contributed by atoms with Crippen LogP contribution in [-0.4, -0.2) is 12.1 Å². The predicted molar refractivity (Wildman–Crippen MR) is 56.7 cm³/mol. The lowest BCUT2D eigenvalue weighted by Crippen LogP contribution is -2.35. The SMILES string of the molecule is CCC1CCC(NC2CC=CC2)C1. The molecule has 74 valence electrons. The molecular weight excluding hydrogens is 158 g/mol. The molecular formula is C12H21N. The standard InChI is InChI=1S/C12H21N/c1-2-10-7-8-12(9-10)13-11-5-3-4-6-11/h3-4,10-13H,2,5-9H2,1H3. The van der Waals surface area contributed by atoms with Crippen LogP contribution >= 0.6 is 0 Å². The van der Waals surface area contributed by atoms with Crippen LogP contribution in [0.1, 0.15) is 45.4 Å². The maximum atomic E-state index is 3.78. The highest BCUT2D eigenvalue weighted by Crippen LogP contribution is 2.28. The smallest absolute Gasteiger partial charge is 0.0139 e. The van der Waals surface area contributed by atoms with E-state index in [9.17, 15) is 0 Å². The highest BCUT2D eigenvalue weighted by Gasteiger charge is 2.25. The van der Waals surface area contributed by atoms with Crippen molar-refractivity contribution in [2.24, 2.45) is 5.92 Å². The second kappa shape index (κ2) is 4.28. The van der Waals surface area contributed by atoms with Gasteiger partial charge in [0.1, 0.15) is 0 Å². The Morgan fingerprint density at radius 2 is 1.92 bits per heavy atom. The minimum Gasteiger partial charge on any atom is -0.311 e. The Morgan fingerprint density at radius 1 is 1.15 bits per heavy atom. The molecule has 13 heavy (non-hydrogen) atoms. The van der Waals surface area contributed by atoms with E-state index in [1.54, 1.807) is 0 Å². The molecule has 0 aromatic heterocycles. The van der Waals surface area contributed by atoms with Crippen molar-refractivity contribution in [2.45, 2.75) is 57.5 Å². The molecule has 1 N–H and O–H groups in total. The van der Waals surface area contributed by atoms with E-state index >= 15 is 0 Å². The molecule has 2 atom stereocenters. The molecule has 0 spiro atoms. The van der Waals surface area contributed by atoms with Gasteiger partial charge < -0.3 is 5.32 Å². The van der Waals surface area contributed by atoms with Crippen molar-refractivity contribution in [3.05, 3.63) is 12.2 Å². The monoisotopic (exact) mass is 179 g/mol. The van der Waals surface area contributed by atoms with Crippen molar-refractivity contribution in [2.75, 3.05) is 0 Å². The topological polar surface area (TPSA) is 12.0 Å². The molecule has 2 unspecified atom stereocenters. The Balaban J connectivity index is 1.71. The maximum Gasteiger partial charge on any atom is 0.0139 e. The zero-order valence-corrected chi connectivity index (χ0v) is 8.63. The third-order valence-corrected chi connectivity index (χ3v) is 3.60. The summed E-state index contributed by atoms with van der Waals surface area (Å²) in [5, 5.41) is 3.78. The van der Waals surface area contributed by atoms with Crippen molar-refractivity contribution < 1.29 is 0 Å². The van der Waals surface area contributed by atoms with Crippen LogP contribution < -0.4 is 5.32 Å². The minimum absolute atomic E-state index is 0.764. The maximum absolute atomic E-state index is 3.78. The predicted octanol–water partition coefficient (Wildman–Crippen LogP) is 2.87. The number of rotatable bonds is 3. The normalized spacial score (nSPS) is 34.5. The van der Waals surface area contributed by atoms with Gasteiger partial charge in [-0.2, -0.15) is 0 Å². The van der Waals surface area contributed by atoms with Crippen LogP contribution in [0.4, 0.5) is 0 Å². The first-order valence-corrected chi connectivity index (χ1v) is 5.79. The van der Waals surface area contributed by atoms with Crippen LogP contribution in [0.15, 0.2) is 12.2 Å². The van der Waals surface area contributed by atoms with Crippen LogP contribution in [0, 0.1) is 5.92 Å². The van der Waals surface area contributed by atoms with E-state index < -0.39 is 0 Å². The largest absolute Gasteiger partial charge is 0.311 e. The lowest BCUT2D eigenvalue weighted by Gasteiger charge is -2.18. The molecule has 0 saturated heterocycles. The highest BCUT2D eigenvalue weighted by atomic mass is 15.0. The molecule has 1 heteroatoms. The van der Waals surface area contributed by atoms with Gasteiger partial charge in [-0.25, -0.2) is 0 Å². The molecule has 1 fully saturated rings. The van der Waals surface area contributed by atoms with E-state index in [0.717, 1.165) is 18.0 Å². The third-order valence-electron chi connectivity index (χ3n) is 3.60. The highest BCUT2D eigenvalue weighted by molar-refractivity contribution is 4.99. The lowest BCUT2D eigenvalue weighted by atomic mass is 10.1. The number of hydrogen-bond acceptors (Lipinski definition) is 1. The zero-order chi connectivity index (χ0) is 9.10. The Morgan fingerprint density at radius 3 is 2.54 bits per heavy atom. The van der Waals surface area contributed by atoms with Crippen molar-refractivity contribution in [3.63, 3.8) is 0 Å². The summed E-state index contributed by atoms with van der Waals surface area (Å²) >= 11 is 0. The Labute approximate surface area is 81.6 Å². The summed E-state index contributed by atoms with van der Waals surface area (Å²) in [5.41, 5.74) is 0. The van der Waals surface area contributed by atoms with E-state index in [1.807, 2.05) is 0 Å². The molecule has 2 aliphatic carbocycles. The van der Waals surface area contributed by atoms with Crippen LogP contribution in [0.25, 0.3) is 0 Å². The summed E-state index contributed by atoms with van der Waals surface area (Å²) in [6.45, 7) is 2.32. The van der Waals surface area contributed by atoms with Gasteiger partial charge in [-0.3, -0.25) is 0 Å². The fraction of sp³-hybridized carbons (Fsp3) is 0.833. The first-order valence-electron chi connectivity index (χ1n) is 5.79. The van der Waals surface area contributed by atoms with Crippen LogP contribution in [0.3, 0.4) is 0 Å². The summed E-state index contributed by atoms with van der Waals surface area (Å²) < 4.78 is 0. The average molecular weight is 179 g/mol. The first-order chi connectivity index (χ1) is 6.38. The molecule has 2 aliphatic rings. The van der Waals surface area contributed by atoms with E-state index in [0.29, 0.717) is 0 Å². The molecule has 0 aliphatic heterocycles. The van der Waals surface area contributed by atoms with Crippen molar-refractivity contribution >= 4 is 0 Å². The van der Waals surface area contributed by atoms with Crippen LogP contribution in [-0.2, 0) is 0 Å². The fourth-order valence-electron chi connectivity index (χ4n) is 2.68. The van der Waals surface area contributed by atoms with E-state index in [4.69, 9.17) is 0 Å². The van der Waals surface area contributed by atoms with Crippen molar-refractivity contribution in [3.8, 4) is 0 Å². The molecule has 0 amide bonds. The van der Waals surface area contributed by atoms with E-state index in [2.05, 4.69) is 24.4 Å². The molecule has 0 aromatic carbocycles. The zero-order valence-electron chi connectivity index (χ0n) is 8.63. The fourth-order valence-corrected chi connectivity index (χ4v) is 2.68. The molecule has 0 radical (unpaired) electrons. The van der Waals surface area contributed by atoms with Crippen molar-refractivity contribution in [1.29, 1.82) is 0 Å². The van der Waals surface area contributed by atoms with Gasteiger partial charge in [0.05, 0.1) is 0 Å². The molecule has 1 nitrogen and oxygen atoms in total. The molecule has 0 bridgehead atoms. The van der Waals surface area contributed by atoms with Crippen LogP contribution in [0.2, 0.25) is 0 Å². The number of nitrogens with one attached hydrogen (secondary N) is 1. The van der Waals surface area contributed by atoms with Gasteiger partial charge in [0.25, 0.3) is 0 Å². The average Bonchev–Trinajstić information content (AvgIpc) is 2.76. The van der Waals surface area contributed by atoms with Gasteiger partial charge >= 0.3 is 0 Å².